The minimum atomic E-state index is -1.21. The van der Waals surface area contributed by atoms with E-state index in [1.807, 2.05) is 26.8 Å². The molecule has 1 unspecified atom stereocenters. The minimum Gasteiger partial charge on any atom is -0.380 e. The summed E-state index contributed by atoms with van der Waals surface area (Å²) in [5.41, 5.74) is -0.300. The van der Waals surface area contributed by atoms with Crippen LogP contribution in [0, 0.1) is 11.2 Å². The maximum Gasteiger partial charge on any atom is 0.123 e. The normalized spacial score (nSPS) is 15.0. The second kappa shape index (κ2) is 4.74. The summed E-state index contributed by atoms with van der Waals surface area (Å²) in [6.45, 7) is 5.84. The summed E-state index contributed by atoms with van der Waals surface area (Å²) >= 11 is 0. The van der Waals surface area contributed by atoms with Crippen molar-refractivity contribution in [1.82, 2.24) is 4.98 Å². The first-order valence-corrected chi connectivity index (χ1v) is 6.24. The van der Waals surface area contributed by atoms with Gasteiger partial charge in [-0.15, -0.1) is 0 Å². The van der Waals surface area contributed by atoms with Crippen LogP contribution in [0.15, 0.2) is 48.8 Å². The van der Waals surface area contributed by atoms with E-state index in [1.165, 1.54) is 12.1 Å². The fourth-order valence-corrected chi connectivity index (χ4v) is 2.30. The van der Waals surface area contributed by atoms with Crippen LogP contribution in [-0.4, -0.2) is 10.1 Å². The first-order chi connectivity index (χ1) is 8.85. The van der Waals surface area contributed by atoms with Gasteiger partial charge in [0.1, 0.15) is 11.4 Å². The molecule has 1 aromatic heterocycles. The zero-order valence-corrected chi connectivity index (χ0v) is 11.4. The predicted octanol–water partition coefficient (Wildman–Crippen LogP) is 3.50. The van der Waals surface area contributed by atoms with Crippen molar-refractivity contribution in [2.45, 2.75) is 26.4 Å². The third-order valence-electron chi connectivity index (χ3n) is 3.43. The molecule has 0 spiro atoms. The SMILES string of the molecule is CC(C)(C)C(O)(c1ccc(F)cc1)c1cccnc1. The highest BCUT2D eigenvalue weighted by Gasteiger charge is 2.43. The van der Waals surface area contributed by atoms with Crippen LogP contribution in [-0.2, 0) is 5.60 Å². The Morgan fingerprint density at radius 3 is 2.11 bits per heavy atom. The Morgan fingerprint density at radius 1 is 1.00 bits per heavy atom. The molecular weight excluding hydrogens is 241 g/mol. The topological polar surface area (TPSA) is 33.1 Å². The molecule has 2 rings (SSSR count). The van der Waals surface area contributed by atoms with Crippen molar-refractivity contribution in [3.63, 3.8) is 0 Å². The quantitative estimate of drug-likeness (QED) is 0.895. The number of hydrogen-bond acceptors (Lipinski definition) is 2. The third-order valence-corrected chi connectivity index (χ3v) is 3.43. The van der Waals surface area contributed by atoms with E-state index in [9.17, 15) is 9.50 Å². The van der Waals surface area contributed by atoms with Crippen molar-refractivity contribution in [3.05, 3.63) is 65.7 Å². The Hall–Kier alpha value is -1.74. The van der Waals surface area contributed by atoms with Crippen molar-refractivity contribution in [3.8, 4) is 0 Å². The van der Waals surface area contributed by atoms with Gasteiger partial charge in [0, 0.05) is 18.0 Å². The van der Waals surface area contributed by atoms with Gasteiger partial charge in [-0.25, -0.2) is 4.39 Å². The summed E-state index contributed by atoms with van der Waals surface area (Å²) in [4.78, 5) is 4.07. The van der Waals surface area contributed by atoms with Crippen LogP contribution in [0.25, 0.3) is 0 Å². The van der Waals surface area contributed by atoms with E-state index >= 15 is 0 Å². The van der Waals surface area contributed by atoms with E-state index in [-0.39, 0.29) is 5.82 Å². The first kappa shape index (κ1) is 13.7. The maximum atomic E-state index is 13.1. The lowest BCUT2D eigenvalue weighted by Crippen LogP contribution is -2.41. The summed E-state index contributed by atoms with van der Waals surface area (Å²) in [6, 6.07) is 9.59. The molecule has 1 N–H and O–H groups in total. The number of aromatic nitrogens is 1. The largest absolute Gasteiger partial charge is 0.380 e. The van der Waals surface area contributed by atoms with Gasteiger partial charge in [-0.05, 0) is 29.2 Å². The van der Waals surface area contributed by atoms with E-state index in [0.29, 0.717) is 11.1 Å². The zero-order chi connectivity index (χ0) is 14.1. The zero-order valence-electron chi connectivity index (χ0n) is 11.4. The molecule has 1 aromatic carbocycles. The van der Waals surface area contributed by atoms with Crippen molar-refractivity contribution >= 4 is 0 Å². The first-order valence-electron chi connectivity index (χ1n) is 6.24. The van der Waals surface area contributed by atoms with Crippen LogP contribution in [0.5, 0.6) is 0 Å². The summed E-state index contributed by atoms with van der Waals surface area (Å²) in [5, 5.41) is 11.2. The Bertz CT molecular complexity index is 545. The van der Waals surface area contributed by atoms with Gasteiger partial charge in [-0.3, -0.25) is 4.98 Å². The Balaban J connectivity index is 2.63. The number of pyridine rings is 1. The van der Waals surface area contributed by atoms with Crippen molar-refractivity contribution in [2.75, 3.05) is 0 Å². The lowest BCUT2D eigenvalue weighted by atomic mass is 9.69. The Labute approximate surface area is 112 Å². The van der Waals surface area contributed by atoms with Gasteiger partial charge in [0.15, 0.2) is 0 Å². The highest BCUT2D eigenvalue weighted by molar-refractivity contribution is 5.37. The van der Waals surface area contributed by atoms with Gasteiger partial charge in [0.05, 0.1) is 0 Å². The number of aliphatic hydroxyl groups is 1. The molecule has 0 aliphatic carbocycles. The number of rotatable bonds is 2. The smallest absolute Gasteiger partial charge is 0.123 e. The fourth-order valence-electron chi connectivity index (χ4n) is 2.30. The molecule has 19 heavy (non-hydrogen) atoms. The second-order valence-electron chi connectivity index (χ2n) is 5.71. The minimum absolute atomic E-state index is 0.314. The third kappa shape index (κ3) is 2.38. The van der Waals surface area contributed by atoms with Crippen molar-refractivity contribution < 1.29 is 9.50 Å². The predicted molar refractivity (Wildman–Crippen MR) is 73.1 cm³/mol. The van der Waals surface area contributed by atoms with E-state index in [2.05, 4.69) is 4.98 Å². The number of nitrogens with zero attached hydrogens (tertiary/aromatic N) is 1. The summed E-state index contributed by atoms with van der Waals surface area (Å²) in [5.74, 6) is -0.314. The van der Waals surface area contributed by atoms with Crippen LogP contribution in [0.2, 0.25) is 0 Å². The summed E-state index contributed by atoms with van der Waals surface area (Å²) < 4.78 is 13.1. The van der Waals surface area contributed by atoms with E-state index in [1.54, 1.807) is 30.6 Å². The molecule has 0 bridgehead atoms. The highest BCUT2D eigenvalue weighted by atomic mass is 19.1. The lowest BCUT2D eigenvalue weighted by Gasteiger charge is -2.41. The van der Waals surface area contributed by atoms with Crippen molar-refractivity contribution in [1.29, 1.82) is 0 Å². The second-order valence-corrected chi connectivity index (χ2v) is 5.71. The molecule has 2 nitrogen and oxygen atoms in total. The lowest BCUT2D eigenvalue weighted by molar-refractivity contribution is -0.0262. The van der Waals surface area contributed by atoms with Crippen LogP contribution in [0.4, 0.5) is 4.39 Å². The van der Waals surface area contributed by atoms with E-state index < -0.39 is 11.0 Å². The van der Waals surface area contributed by atoms with E-state index in [0.717, 1.165) is 0 Å². The molecule has 0 amide bonds. The molecule has 0 fully saturated rings. The van der Waals surface area contributed by atoms with Crippen LogP contribution in [0.3, 0.4) is 0 Å². The molecule has 3 heteroatoms. The number of benzene rings is 1. The molecule has 0 saturated carbocycles. The molecule has 0 saturated heterocycles. The highest BCUT2D eigenvalue weighted by Crippen LogP contribution is 2.44. The molecule has 1 heterocycles. The molecule has 0 radical (unpaired) electrons. The van der Waals surface area contributed by atoms with Gasteiger partial charge in [0.25, 0.3) is 0 Å². The molecular formula is C16H18FNO. The molecule has 0 aliphatic heterocycles. The molecule has 0 aliphatic rings. The Morgan fingerprint density at radius 2 is 1.63 bits per heavy atom. The molecule has 1 atom stereocenters. The van der Waals surface area contributed by atoms with E-state index in [4.69, 9.17) is 0 Å². The fraction of sp³-hybridized carbons (Fsp3) is 0.312. The van der Waals surface area contributed by atoms with Crippen LogP contribution >= 0.6 is 0 Å². The van der Waals surface area contributed by atoms with Crippen LogP contribution in [0.1, 0.15) is 31.9 Å². The summed E-state index contributed by atoms with van der Waals surface area (Å²) in [6.07, 6.45) is 3.31. The van der Waals surface area contributed by atoms with Gasteiger partial charge < -0.3 is 5.11 Å². The van der Waals surface area contributed by atoms with Gasteiger partial charge in [0.2, 0.25) is 0 Å². The average Bonchev–Trinajstić information content (AvgIpc) is 2.38. The average molecular weight is 259 g/mol. The monoisotopic (exact) mass is 259 g/mol. The molecule has 100 valence electrons. The maximum absolute atomic E-state index is 13.1. The van der Waals surface area contributed by atoms with Gasteiger partial charge >= 0.3 is 0 Å². The van der Waals surface area contributed by atoms with Crippen LogP contribution < -0.4 is 0 Å². The number of hydrogen-bond donors (Lipinski definition) is 1. The molecule has 2 aromatic rings. The van der Waals surface area contributed by atoms with Crippen molar-refractivity contribution in [2.24, 2.45) is 5.41 Å². The van der Waals surface area contributed by atoms with Gasteiger partial charge in [-0.1, -0.05) is 39.0 Å². The number of halogens is 1. The Kier molecular flexibility index (Phi) is 3.42. The standard InChI is InChI=1S/C16H18FNO/c1-15(2,3)16(19,13-5-4-10-18-11-13)12-6-8-14(17)9-7-12/h4-11,19H,1-3H3. The van der Waals surface area contributed by atoms with Gasteiger partial charge in [-0.2, -0.15) is 0 Å². The summed E-state index contributed by atoms with van der Waals surface area (Å²) in [7, 11) is 0.